The van der Waals surface area contributed by atoms with Crippen LogP contribution in [0.25, 0.3) is 22.5 Å². The van der Waals surface area contributed by atoms with E-state index in [2.05, 4.69) is 15.5 Å². The van der Waals surface area contributed by atoms with Crippen LogP contribution in [0, 0.1) is 6.92 Å². The quantitative estimate of drug-likeness (QED) is 0.301. The van der Waals surface area contributed by atoms with Gasteiger partial charge in [-0.3, -0.25) is 19.0 Å². The molecule has 1 atom stereocenters. The lowest BCUT2D eigenvalue weighted by Crippen LogP contribution is -2.34. The first-order valence-electron chi connectivity index (χ1n) is 11.8. The van der Waals surface area contributed by atoms with Crippen LogP contribution in [0.1, 0.15) is 28.6 Å². The highest BCUT2D eigenvalue weighted by Crippen LogP contribution is 2.38. The highest BCUT2D eigenvalue weighted by molar-refractivity contribution is 6.31. The number of hydrogen-bond donors (Lipinski definition) is 2. The second-order valence-electron chi connectivity index (χ2n) is 8.61. The molecule has 4 aromatic rings. The van der Waals surface area contributed by atoms with E-state index < -0.39 is 23.4 Å². The summed E-state index contributed by atoms with van der Waals surface area (Å²) in [7, 11) is 2.96. The Morgan fingerprint density at radius 3 is 2.54 bits per heavy atom. The fourth-order valence-corrected chi connectivity index (χ4v) is 4.23. The Balaban J connectivity index is 1.75. The van der Waals surface area contributed by atoms with Crippen LogP contribution in [0.2, 0.25) is 5.02 Å². The summed E-state index contributed by atoms with van der Waals surface area (Å²) in [4.78, 5) is 42.0. The van der Waals surface area contributed by atoms with Crippen LogP contribution in [0.4, 0.5) is 5.69 Å². The number of benzene rings is 1. The summed E-state index contributed by atoms with van der Waals surface area (Å²) in [6, 6.07) is 10.3. The first kappa shape index (κ1) is 27.6. The highest BCUT2D eigenvalue weighted by atomic mass is 35.5. The van der Waals surface area contributed by atoms with Crippen molar-refractivity contribution in [2.24, 2.45) is 5.73 Å². The molecule has 0 saturated carbocycles. The number of rotatable bonds is 10. The van der Waals surface area contributed by atoms with Gasteiger partial charge in [0.2, 0.25) is 5.91 Å². The van der Waals surface area contributed by atoms with Gasteiger partial charge in [-0.05, 0) is 42.8 Å². The largest absolute Gasteiger partial charge is 0.495 e. The molecule has 4 rings (SSSR count). The first-order valence-corrected chi connectivity index (χ1v) is 12.2. The average molecular weight is 552 g/mol. The number of nitrogens with one attached hydrogen (secondary N) is 1. The standard InChI is InChI=1S/C27H26ClN5O6/c1-15-10-23(39-32-15)18-6-4-16(28)11-19(18)20-12-25(34)33(14-24(20)38-3)22(8-9-37-2)27(36)31-17-5-7-21(26(29)35)30-13-17/h4-7,10-14,22H,8-9H2,1-3H3,(H2,29,35)(H,31,36). The van der Waals surface area contributed by atoms with Crippen LogP contribution in [0.15, 0.2) is 64.2 Å². The van der Waals surface area contributed by atoms with E-state index in [1.807, 2.05) is 0 Å². The second kappa shape index (κ2) is 11.9. The number of halogens is 1. The molecule has 0 aliphatic carbocycles. The molecule has 0 aliphatic heterocycles. The number of primary amides is 1. The lowest BCUT2D eigenvalue weighted by atomic mass is 9.97. The molecule has 1 aromatic carbocycles. The highest BCUT2D eigenvalue weighted by Gasteiger charge is 2.25. The number of nitrogens with two attached hydrogens (primary N) is 1. The Morgan fingerprint density at radius 1 is 1.13 bits per heavy atom. The normalized spacial score (nSPS) is 11.7. The summed E-state index contributed by atoms with van der Waals surface area (Å²) in [6.07, 6.45) is 2.98. The molecular formula is C27H26ClN5O6. The van der Waals surface area contributed by atoms with E-state index in [4.69, 9.17) is 31.3 Å². The molecule has 202 valence electrons. The molecule has 3 aromatic heterocycles. The van der Waals surface area contributed by atoms with Gasteiger partial charge in [0.15, 0.2) is 5.76 Å². The van der Waals surface area contributed by atoms with Crippen molar-refractivity contribution < 1.29 is 23.6 Å². The van der Waals surface area contributed by atoms with E-state index in [0.29, 0.717) is 44.6 Å². The van der Waals surface area contributed by atoms with E-state index in [9.17, 15) is 14.4 Å². The minimum absolute atomic E-state index is 0.0568. The Morgan fingerprint density at radius 2 is 1.92 bits per heavy atom. The van der Waals surface area contributed by atoms with Gasteiger partial charge in [-0.25, -0.2) is 4.98 Å². The van der Waals surface area contributed by atoms with Crippen molar-refractivity contribution in [3.63, 3.8) is 0 Å². The number of nitrogens with zero attached hydrogens (tertiary/aromatic N) is 3. The number of hydrogen-bond acceptors (Lipinski definition) is 8. The Bertz CT molecular complexity index is 1560. The molecule has 0 bridgehead atoms. The molecule has 39 heavy (non-hydrogen) atoms. The van der Waals surface area contributed by atoms with Crippen molar-refractivity contribution in [2.75, 3.05) is 26.1 Å². The maximum Gasteiger partial charge on any atom is 0.267 e. The number of pyridine rings is 2. The summed E-state index contributed by atoms with van der Waals surface area (Å²) in [5.41, 5.74) is 7.57. The van der Waals surface area contributed by atoms with Gasteiger partial charge >= 0.3 is 0 Å². The summed E-state index contributed by atoms with van der Waals surface area (Å²) >= 11 is 6.31. The van der Waals surface area contributed by atoms with Crippen molar-refractivity contribution in [3.8, 4) is 28.2 Å². The third-order valence-corrected chi connectivity index (χ3v) is 6.18. The number of aryl methyl sites for hydroxylation is 1. The van der Waals surface area contributed by atoms with E-state index >= 15 is 0 Å². The van der Waals surface area contributed by atoms with Crippen LogP contribution in [-0.4, -0.2) is 47.3 Å². The smallest absolute Gasteiger partial charge is 0.267 e. The monoisotopic (exact) mass is 551 g/mol. The molecule has 0 aliphatic rings. The molecule has 0 radical (unpaired) electrons. The zero-order chi connectivity index (χ0) is 28.1. The van der Waals surface area contributed by atoms with E-state index in [-0.39, 0.29) is 18.7 Å². The lowest BCUT2D eigenvalue weighted by molar-refractivity contribution is -0.119. The topological polar surface area (TPSA) is 152 Å². The number of aromatic nitrogens is 3. The molecule has 12 heteroatoms. The Labute approximate surface area is 228 Å². The lowest BCUT2D eigenvalue weighted by Gasteiger charge is -2.21. The average Bonchev–Trinajstić information content (AvgIpc) is 3.35. The van der Waals surface area contributed by atoms with Gasteiger partial charge in [-0.15, -0.1) is 0 Å². The van der Waals surface area contributed by atoms with Crippen molar-refractivity contribution >= 4 is 29.1 Å². The van der Waals surface area contributed by atoms with Crippen molar-refractivity contribution in [2.45, 2.75) is 19.4 Å². The molecule has 3 heterocycles. The van der Waals surface area contributed by atoms with Gasteiger partial charge < -0.3 is 25.0 Å². The van der Waals surface area contributed by atoms with Crippen molar-refractivity contribution in [1.29, 1.82) is 0 Å². The van der Waals surface area contributed by atoms with Gasteiger partial charge in [0, 0.05) is 48.4 Å². The van der Waals surface area contributed by atoms with Crippen LogP contribution in [0.3, 0.4) is 0 Å². The van der Waals surface area contributed by atoms with Gasteiger partial charge in [0.1, 0.15) is 17.5 Å². The van der Waals surface area contributed by atoms with Gasteiger partial charge in [-0.2, -0.15) is 0 Å². The molecule has 3 N–H and O–H groups in total. The fourth-order valence-electron chi connectivity index (χ4n) is 4.06. The number of methoxy groups -OCH3 is 2. The second-order valence-corrected chi connectivity index (χ2v) is 9.04. The van der Waals surface area contributed by atoms with Crippen molar-refractivity contribution in [1.82, 2.24) is 14.7 Å². The molecule has 11 nitrogen and oxygen atoms in total. The maximum atomic E-state index is 13.5. The number of amides is 2. The zero-order valence-corrected chi connectivity index (χ0v) is 22.2. The summed E-state index contributed by atoms with van der Waals surface area (Å²) in [5.74, 6) is -0.347. The fraction of sp³-hybridized carbons (Fsp3) is 0.222. The van der Waals surface area contributed by atoms with Crippen molar-refractivity contribution in [3.05, 3.63) is 81.6 Å². The first-order chi connectivity index (χ1) is 18.7. The summed E-state index contributed by atoms with van der Waals surface area (Å²) < 4.78 is 17.6. The number of anilines is 1. The molecule has 0 spiro atoms. The minimum atomic E-state index is -0.952. The molecular weight excluding hydrogens is 526 g/mol. The molecule has 1 unspecified atom stereocenters. The van der Waals surface area contributed by atoms with Gasteiger partial charge in [0.05, 0.1) is 30.9 Å². The van der Waals surface area contributed by atoms with E-state index in [1.165, 1.54) is 49.4 Å². The molecule has 0 fully saturated rings. The minimum Gasteiger partial charge on any atom is -0.495 e. The number of carbonyl (C=O) groups excluding carboxylic acids is 2. The third-order valence-electron chi connectivity index (χ3n) is 5.95. The van der Waals surface area contributed by atoms with Crippen LogP contribution < -0.4 is 21.3 Å². The number of ether oxygens (including phenoxy) is 2. The molecule has 2 amide bonds. The summed E-state index contributed by atoms with van der Waals surface area (Å²) in [6.45, 7) is 2.01. The number of carbonyl (C=O) groups is 2. The van der Waals surface area contributed by atoms with Crippen LogP contribution in [0.5, 0.6) is 5.75 Å². The third kappa shape index (κ3) is 6.16. The Hall–Kier alpha value is -4.48. The predicted molar refractivity (Wildman–Crippen MR) is 145 cm³/mol. The molecule has 0 saturated heterocycles. The predicted octanol–water partition coefficient (Wildman–Crippen LogP) is 3.85. The van der Waals surface area contributed by atoms with Gasteiger partial charge in [0.25, 0.3) is 11.5 Å². The van der Waals surface area contributed by atoms with Gasteiger partial charge in [-0.1, -0.05) is 16.8 Å². The maximum absolute atomic E-state index is 13.5. The van der Waals surface area contributed by atoms with Crippen LogP contribution >= 0.6 is 11.6 Å². The van der Waals surface area contributed by atoms with E-state index in [0.717, 1.165) is 0 Å². The zero-order valence-electron chi connectivity index (χ0n) is 21.4. The van der Waals surface area contributed by atoms with E-state index in [1.54, 1.807) is 31.2 Å². The summed E-state index contributed by atoms with van der Waals surface area (Å²) in [5, 5.41) is 7.12. The Kier molecular flexibility index (Phi) is 8.43. The SMILES string of the molecule is COCCC(C(=O)Nc1ccc(C(N)=O)nc1)n1cc(OC)c(-c2cc(Cl)ccc2-c2cc(C)no2)cc1=O. The van der Waals surface area contributed by atoms with Crippen LogP contribution in [-0.2, 0) is 9.53 Å².